The summed E-state index contributed by atoms with van der Waals surface area (Å²) < 4.78 is 13.0. The van der Waals surface area contributed by atoms with Crippen molar-refractivity contribution < 1.29 is 4.39 Å². The highest BCUT2D eigenvalue weighted by molar-refractivity contribution is 6.31. The number of nitrogens with zero attached hydrogens (tertiary/aromatic N) is 2. The van der Waals surface area contributed by atoms with Gasteiger partial charge >= 0.3 is 0 Å². The van der Waals surface area contributed by atoms with Crippen molar-refractivity contribution in [3.63, 3.8) is 0 Å². The highest BCUT2D eigenvalue weighted by Crippen LogP contribution is 2.21. The first-order chi connectivity index (χ1) is 8.69. The van der Waals surface area contributed by atoms with Gasteiger partial charge in [-0.05, 0) is 30.8 Å². The van der Waals surface area contributed by atoms with E-state index in [4.69, 9.17) is 17.3 Å². The molecule has 18 heavy (non-hydrogen) atoms. The Kier molecular flexibility index (Phi) is 4.07. The second-order valence-corrected chi connectivity index (χ2v) is 4.06. The molecule has 0 radical (unpaired) electrons. The summed E-state index contributed by atoms with van der Waals surface area (Å²) in [5.41, 5.74) is 6.11. The molecule has 0 saturated heterocycles. The van der Waals surface area contributed by atoms with Gasteiger partial charge in [0, 0.05) is 18.3 Å². The predicted octanol–water partition coefficient (Wildman–Crippen LogP) is 2.51. The third-order valence-electron chi connectivity index (χ3n) is 2.27. The fourth-order valence-corrected chi connectivity index (χ4v) is 1.62. The van der Waals surface area contributed by atoms with Gasteiger partial charge < -0.3 is 11.1 Å². The molecular formula is C12H12ClFN4. The number of nitrogens with two attached hydrogens (primary N) is 1. The van der Waals surface area contributed by atoms with Crippen LogP contribution in [-0.2, 0) is 6.42 Å². The van der Waals surface area contributed by atoms with Crippen LogP contribution in [0.5, 0.6) is 0 Å². The molecule has 0 aliphatic heterocycles. The van der Waals surface area contributed by atoms with E-state index in [-0.39, 0.29) is 5.02 Å². The van der Waals surface area contributed by atoms with Gasteiger partial charge in [-0.3, -0.25) is 0 Å². The molecule has 0 spiro atoms. The smallest absolute Gasteiger partial charge is 0.141 e. The summed E-state index contributed by atoms with van der Waals surface area (Å²) in [5, 5.41) is 3.09. The van der Waals surface area contributed by atoms with E-state index in [2.05, 4.69) is 15.3 Å². The van der Waals surface area contributed by atoms with E-state index in [0.717, 1.165) is 0 Å². The molecule has 1 aromatic carbocycles. The maximum Gasteiger partial charge on any atom is 0.141 e. The second kappa shape index (κ2) is 5.75. The van der Waals surface area contributed by atoms with Crippen molar-refractivity contribution >= 4 is 23.1 Å². The SMILES string of the molecule is NCCc1nccc(Nc2ccc(F)c(Cl)c2)n1. The minimum atomic E-state index is -0.450. The molecule has 0 aliphatic rings. The van der Waals surface area contributed by atoms with Crippen LogP contribution >= 0.6 is 11.6 Å². The molecule has 0 aliphatic carbocycles. The highest BCUT2D eigenvalue weighted by Gasteiger charge is 2.03. The molecule has 3 N–H and O–H groups in total. The van der Waals surface area contributed by atoms with Crippen LogP contribution < -0.4 is 11.1 Å². The van der Waals surface area contributed by atoms with Gasteiger partial charge in [0.25, 0.3) is 0 Å². The lowest BCUT2D eigenvalue weighted by Crippen LogP contribution is -2.07. The minimum Gasteiger partial charge on any atom is -0.340 e. The molecule has 0 amide bonds. The van der Waals surface area contributed by atoms with Gasteiger partial charge in [0.2, 0.25) is 0 Å². The maximum absolute atomic E-state index is 13.0. The van der Waals surface area contributed by atoms with E-state index in [1.807, 2.05) is 0 Å². The molecule has 1 heterocycles. The fraction of sp³-hybridized carbons (Fsp3) is 0.167. The van der Waals surface area contributed by atoms with E-state index in [0.29, 0.717) is 30.3 Å². The molecule has 0 unspecified atom stereocenters. The first-order valence-corrected chi connectivity index (χ1v) is 5.81. The summed E-state index contributed by atoms with van der Waals surface area (Å²) in [5.74, 6) is 0.834. The molecule has 0 saturated carbocycles. The maximum atomic E-state index is 13.0. The van der Waals surface area contributed by atoms with Crippen LogP contribution in [0, 0.1) is 5.82 Å². The Balaban J connectivity index is 2.17. The molecule has 0 atom stereocenters. The van der Waals surface area contributed by atoms with Crippen molar-refractivity contribution in [2.24, 2.45) is 5.73 Å². The summed E-state index contributed by atoms with van der Waals surface area (Å²) in [6.07, 6.45) is 2.26. The second-order valence-electron chi connectivity index (χ2n) is 3.65. The standard InChI is InChI=1S/C12H12ClFN4/c13-9-7-8(1-2-10(9)14)17-12-4-6-16-11(18-12)3-5-15/h1-2,4,6-7H,3,5,15H2,(H,16,17,18). The first kappa shape index (κ1) is 12.7. The number of halogens is 2. The third-order valence-corrected chi connectivity index (χ3v) is 2.56. The van der Waals surface area contributed by atoms with Gasteiger partial charge in [0.1, 0.15) is 17.5 Å². The largest absolute Gasteiger partial charge is 0.340 e. The van der Waals surface area contributed by atoms with Gasteiger partial charge in [-0.15, -0.1) is 0 Å². The third kappa shape index (κ3) is 3.15. The number of rotatable bonds is 4. The average Bonchev–Trinajstić information content (AvgIpc) is 2.35. The van der Waals surface area contributed by atoms with Crippen molar-refractivity contribution in [2.45, 2.75) is 6.42 Å². The fourth-order valence-electron chi connectivity index (χ4n) is 1.44. The van der Waals surface area contributed by atoms with Gasteiger partial charge in [-0.1, -0.05) is 11.6 Å². The molecule has 2 rings (SSSR count). The van der Waals surface area contributed by atoms with E-state index < -0.39 is 5.82 Å². The summed E-state index contributed by atoms with van der Waals surface area (Å²) in [4.78, 5) is 8.36. The number of nitrogens with one attached hydrogen (secondary N) is 1. The van der Waals surface area contributed by atoms with E-state index >= 15 is 0 Å². The lowest BCUT2D eigenvalue weighted by molar-refractivity contribution is 0.628. The molecule has 6 heteroatoms. The van der Waals surface area contributed by atoms with E-state index in [1.165, 1.54) is 12.1 Å². The zero-order valence-corrected chi connectivity index (χ0v) is 10.3. The Bertz CT molecular complexity index is 547. The highest BCUT2D eigenvalue weighted by atomic mass is 35.5. The summed E-state index contributed by atoms with van der Waals surface area (Å²) in [6.45, 7) is 0.492. The summed E-state index contributed by atoms with van der Waals surface area (Å²) in [6, 6.07) is 6.11. The first-order valence-electron chi connectivity index (χ1n) is 5.43. The molecule has 0 fully saturated rings. The topological polar surface area (TPSA) is 63.8 Å². The average molecular weight is 267 g/mol. The van der Waals surface area contributed by atoms with Crippen LogP contribution in [0.15, 0.2) is 30.5 Å². The van der Waals surface area contributed by atoms with E-state index in [1.54, 1.807) is 18.3 Å². The number of hydrogen-bond acceptors (Lipinski definition) is 4. The Hall–Kier alpha value is -1.72. The van der Waals surface area contributed by atoms with Crippen molar-refractivity contribution in [3.8, 4) is 0 Å². The number of anilines is 2. The van der Waals surface area contributed by atoms with Crippen molar-refractivity contribution in [2.75, 3.05) is 11.9 Å². The monoisotopic (exact) mass is 266 g/mol. The number of hydrogen-bond donors (Lipinski definition) is 2. The Labute approximate surface area is 109 Å². The van der Waals surface area contributed by atoms with Crippen LogP contribution in [0.2, 0.25) is 5.02 Å². The lowest BCUT2D eigenvalue weighted by atomic mass is 10.3. The van der Waals surface area contributed by atoms with E-state index in [9.17, 15) is 4.39 Å². The molecule has 2 aromatic rings. The van der Waals surface area contributed by atoms with Crippen LogP contribution in [0.4, 0.5) is 15.9 Å². The Morgan fingerprint density at radius 1 is 1.33 bits per heavy atom. The van der Waals surface area contributed by atoms with Crippen LogP contribution in [0.25, 0.3) is 0 Å². The molecule has 0 bridgehead atoms. The molecular weight excluding hydrogens is 255 g/mol. The minimum absolute atomic E-state index is 0.0660. The quantitative estimate of drug-likeness (QED) is 0.893. The van der Waals surface area contributed by atoms with Gasteiger partial charge in [0.05, 0.1) is 5.02 Å². The zero-order valence-electron chi connectivity index (χ0n) is 9.53. The molecule has 4 nitrogen and oxygen atoms in total. The lowest BCUT2D eigenvalue weighted by Gasteiger charge is -2.07. The number of aromatic nitrogens is 2. The number of benzene rings is 1. The molecule has 1 aromatic heterocycles. The summed E-state index contributed by atoms with van der Waals surface area (Å²) in [7, 11) is 0. The van der Waals surface area contributed by atoms with Crippen molar-refractivity contribution in [1.82, 2.24) is 9.97 Å². The molecule has 94 valence electrons. The zero-order chi connectivity index (χ0) is 13.0. The van der Waals surface area contributed by atoms with Crippen LogP contribution in [-0.4, -0.2) is 16.5 Å². The van der Waals surface area contributed by atoms with Gasteiger partial charge in [-0.2, -0.15) is 0 Å². The van der Waals surface area contributed by atoms with Crippen LogP contribution in [0.3, 0.4) is 0 Å². The van der Waals surface area contributed by atoms with Crippen molar-refractivity contribution in [1.29, 1.82) is 0 Å². The van der Waals surface area contributed by atoms with Gasteiger partial charge in [0.15, 0.2) is 0 Å². The predicted molar refractivity (Wildman–Crippen MR) is 69.5 cm³/mol. The van der Waals surface area contributed by atoms with Crippen LogP contribution in [0.1, 0.15) is 5.82 Å². The Morgan fingerprint density at radius 2 is 2.17 bits per heavy atom. The van der Waals surface area contributed by atoms with Crippen molar-refractivity contribution in [3.05, 3.63) is 47.1 Å². The normalized spacial score (nSPS) is 10.4. The van der Waals surface area contributed by atoms with Gasteiger partial charge in [-0.25, -0.2) is 14.4 Å². The Morgan fingerprint density at radius 3 is 2.89 bits per heavy atom. The summed E-state index contributed by atoms with van der Waals surface area (Å²) >= 11 is 5.70.